The van der Waals surface area contributed by atoms with Gasteiger partial charge in [0.2, 0.25) is 11.8 Å². The maximum absolute atomic E-state index is 13.5. The predicted molar refractivity (Wildman–Crippen MR) is 81.7 cm³/mol. The van der Waals surface area contributed by atoms with Gasteiger partial charge in [0.15, 0.2) is 5.13 Å². The number of hydrogen-bond acceptors (Lipinski definition) is 6. The van der Waals surface area contributed by atoms with Gasteiger partial charge in [0.05, 0.1) is 10.6 Å². The summed E-state index contributed by atoms with van der Waals surface area (Å²) in [4.78, 5) is 37.1. The predicted octanol–water partition coefficient (Wildman–Crippen LogP) is 2.55. The molecule has 0 radical (unpaired) electrons. The fourth-order valence-electron chi connectivity index (χ4n) is 1.63. The molecular formula is C13H11FN4O4S. The molecule has 2 N–H and O–H groups in total. The van der Waals surface area contributed by atoms with Gasteiger partial charge in [-0.15, -0.1) is 11.3 Å². The average molecular weight is 338 g/mol. The van der Waals surface area contributed by atoms with Crippen molar-refractivity contribution in [1.29, 1.82) is 0 Å². The highest BCUT2D eigenvalue weighted by Crippen LogP contribution is 2.21. The Morgan fingerprint density at radius 2 is 1.96 bits per heavy atom. The molecule has 0 aliphatic carbocycles. The first-order valence-corrected chi connectivity index (χ1v) is 7.27. The van der Waals surface area contributed by atoms with Crippen LogP contribution in [0.3, 0.4) is 0 Å². The van der Waals surface area contributed by atoms with Crippen LogP contribution in [0.1, 0.15) is 12.8 Å². The molecule has 0 aliphatic rings. The van der Waals surface area contributed by atoms with Gasteiger partial charge < -0.3 is 10.6 Å². The van der Waals surface area contributed by atoms with Gasteiger partial charge in [-0.05, 0) is 6.07 Å². The van der Waals surface area contributed by atoms with Gasteiger partial charge in [-0.1, -0.05) is 0 Å². The first-order chi connectivity index (χ1) is 11.0. The second-order valence-corrected chi connectivity index (χ2v) is 5.25. The summed E-state index contributed by atoms with van der Waals surface area (Å²) >= 11 is 1.24. The second-order valence-electron chi connectivity index (χ2n) is 4.35. The van der Waals surface area contributed by atoms with Crippen LogP contribution in [0.4, 0.5) is 20.9 Å². The lowest BCUT2D eigenvalue weighted by atomic mass is 10.2. The summed E-state index contributed by atoms with van der Waals surface area (Å²) in [7, 11) is 0. The molecule has 0 bridgehead atoms. The Balaban J connectivity index is 1.88. The smallest absolute Gasteiger partial charge is 0.271 e. The average Bonchev–Trinajstić information content (AvgIpc) is 3.00. The zero-order chi connectivity index (χ0) is 16.8. The van der Waals surface area contributed by atoms with Crippen molar-refractivity contribution in [2.75, 3.05) is 10.6 Å². The van der Waals surface area contributed by atoms with Crippen molar-refractivity contribution in [2.24, 2.45) is 0 Å². The normalized spacial score (nSPS) is 10.1. The Bertz CT molecular complexity index is 736. The van der Waals surface area contributed by atoms with E-state index in [1.54, 1.807) is 5.38 Å². The Morgan fingerprint density at radius 3 is 2.57 bits per heavy atom. The first-order valence-electron chi connectivity index (χ1n) is 6.39. The summed E-state index contributed by atoms with van der Waals surface area (Å²) in [6, 6.07) is 2.80. The van der Waals surface area contributed by atoms with Gasteiger partial charge in [-0.25, -0.2) is 9.37 Å². The number of carbonyl (C=O) groups is 2. The Labute approximate surface area is 133 Å². The number of hydrogen-bond donors (Lipinski definition) is 2. The molecule has 0 spiro atoms. The maximum atomic E-state index is 13.5. The summed E-state index contributed by atoms with van der Waals surface area (Å²) in [5.41, 5.74) is -0.646. The van der Waals surface area contributed by atoms with E-state index in [9.17, 15) is 24.1 Å². The number of benzene rings is 1. The van der Waals surface area contributed by atoms with Gasteiger partial charge in [0, 0.05) is 36.6 Å². The van der Waals surface area contributed by atoms with Crippen LogP contribution in [0.5, 0.6) is 0 Å². The van der Waals surface area contributed by atoms with Gasteiger partial charge in [-0.2, -0.15) is 0 Å². The zero-order valence-electron chi connectivity index (χ0n) is 11.6. The van der Waals surface area contributed by atoms with E-state index in [0.717, 1.165) is 18.2 Å². The van der Waals surface area contributed by atoms with Crippen LogP contribution in [0.15, 0.2) is 29.8 Å². The number of halogens is 1. The molecule has 0 saturated carbocycles. The monoisotopic (exact) mass is 338 g/mol. The molecule has 8 nitrogen and oxygen atoms in total. The van der Waals surface area contributed by atoms with Gasteiger partial charge in [-0.3, -0.25) is 19.7 Å². The molecule has 2 aromatic rings. The van der Waals surface area contributed by atoms with E-state index < -0.39 is 22.6 Å². The largest absolute Gasteiger partial charge is 0.323 e. The number of nitro groups is 1. The van der Waals surface area contributed by atoms with Crippen molar-refractivity contribution >= 4 is 39.7 Å². The Hall–Kier alpha value is -2.88. The van der Waals surface area contributed by atoms with E-state index in [0.29, 0.717) is 5.13 Å². The minimum Gasteiger partial charge on any atom is -0.323 e. The summed E-state index contributed by atoms with van der Waals surface area (Å²) in [5, 5.41) is 17.4. The van der Waals surface area contributed by atoms with Crippen LogP contribution in [0.2, 0.25) is 0 Å². The molecule has 1 heterocycles. The highest BCUT2D eigenvalue weighted by molar-refractivity contribution is 7.13. The highest BCUT2D eigenvalue weighted by atomic mass is 32.1. The minimum atomic E-state index is -0.795. The molecule has 0 atom stereocenters. The first kappa shape index (κ1) is 16.5. The third kappa shape index (κ3) is 4.81. The third-order valence-corrected chi connectivity index (χ3v) is 3.38. The van der Waals surface area contributed by atoms with E-state index in [4.69, 9.17) is 0 Å². The summed E-state index contributed by atoms with van der Waals surface area (Å²) in [6.07, 6.45) is 1.21. The van der Waals surface area contributed by atoms with E-state index in [2.05, 4.69) is 15.6 Å². The van der Waals surface area contributed by atoms with Crippen LogP contribution in [-0.4, -0.2) is 21.7 Å². The zero-order valence-corrected chi connectivity index (χ0v) is 12.4. The summed E-state index contributed by atoms with van der Waals surface area (Å²) < 4.78 is 13.5. The number of nitrogens with zero attached hydrogens (tertiary/aromatic N) is 2. The van der Waals surface area contributed by atoms with Gasteiger partial charge in [0.1, 0.15) is 5.82 Å². The number of carbonyl (C=O) groups excluding carboxylic acids is 2. The van der Waals surface area contributed by atoms with Crippen LogP contribution in [0.25, 0.3) is 0 Å². The molecule has 0 unspecified atom stereocenters. The standard InChI is InChI=1S/C13H11FN4O4S/c14-9-2-1-8(18(21)22)7-10(9)16-11(19)3-4-12(20)17-13-15-5-6-23-13/h1-2,5-7H,3-4H2,(H,16,19)(H,15,17,20). The molecule has 0 fully saturated rings. The van der Waals surface area contributed by atoms with Crippen molar-refractivity contribution in [3.8, 4) is 0 Å². The van der Waals surface area contributed by atoms with E-state index in [1.165, 1.54) is 17.5 Å². The van der Waals surface area contributed by atoms with Crippen LogP contribution >= 0.6 is 11.3 Å². The number of non-ortho nitro benzene ring substituents is 1. The van der Waals surface area contributed by atoms with E-state index in [1.807, 2.05) is 0 Å². The van der Waals surface area contributed by atoms with E-state index >= 15 is 0 Å². The molecule has 10 heteroatoms. The van der Waals surface area contributed by atoms with Crippen LogP contribution in [-0.2, 0) is 9.59 Å². The molecule has 23 heavy (non-hydrogen) atoms. The number of anilines is 2. The number of nitrogens with one attached hydrogen (secondary N) is 2. The third-order valence-electron chi connectivity index (χ3n) is 2.69. The quantitative estimate of drug-likeness (QED) is 0.620. The lowest BCUT2D eigenvalue weighted by Crippen LogP contribution is -2.17. The van der Waals surface area contributed by atoms with Crippen molar-refractivity contribution in [3.63, 3.8) is 0 Å². The molecule has 2 amide bonds. The van der Waals surface area contributed by atoms with Crippen molar-refractivity contribution < 1.29 is 18.9 Å². The number of nitro benzene ring substituents is 1. The topological polar surface area (TPSA) is 114 Å². The molecule has 0 aliphatic heterocycles. The molecule has 1 aromatic heterocycles. The molecule has 120 valence electrons. The van der Waals surface area contributed by atoms with Gasteiger partial charge >= 0.3 is 0 Å². The SMILES string of the molecule is O=C(CCC(=O)Nc1cc([N+](=O)[O-])ccc1F)Nc1nccs1. The fraction of sp³-hybridized carbons (Fsp3) is 0.154. The van der Waals surface area contributed by atoms with Crippen molar-refractivity contribution in [1.82, 2.24) is 4.98 Å². The van der Waals surface area contributed by atoms with Crippen molar-refractivity contribution in [2.45, 2.75) is 12.8 Å². The lowest BCUT2D eigenvalue weighted by Gasteiger charge is -2.06. The second kappa shape index (κ2) is 7.40. The highest BCUT2D eigenvalue weighted by Gasteiger charge is 2.14. The molecule has 0 saturated heterocycles. The number of aromatic nitrogens is 1. The molecular weight excluding hydrogens is 327 g/mol. The number of amides is 2. The Kier molecular flexibility index (Phi) is 5.31. The minimum absolute atomic E-state index is 0.123. The van der Waals surface area contributed by atoms with E-state index in [-0.39, 0.29) is 24.2 Å². The summed E-state index contributed by atoms with van der Waals surface area (Å²) in [6.45, 7) is 0. The maximum Gasteiger partial charge on any atom is 0.271 e. The van der Waals surface area contributed by atoms with Crippen LogP contribution < -0.4 is 10.6 Å². The van der Waals surface area contributed by atoms with Crippen molar-refractivity contribution in [3.05, 3.63) is 45.7 Å². The Morgan fingerprint density at radius 1 is 1.26 bits per heavy atom. The van der Waals surface area contributed by atoms with Gasteiger partial charge in [0.25, 0.3) is 5.69 Å². The fourth-order valence-corrected chi connectivity index (χ4v) is 2.17. The van der Waals surface area contributed by atoms with Crippen LogP contribution in [0, 0.1) is 15.9 Å². The molecule has 2 rings (SSSR count). The lowest BCUT2D eigenvalue weighted by molar-refractivity contribution is -0.384. The summed E-state index contributed by atoms with van der Waals surface area (Å²) in [5.74, 6) is -1.83. The molecule has 1 aromatic carbocycles. The number of rotatable bonds is 6. The number of thiazole rings is 1.